The summed E-state index contributed by atoms with van der Waals surface area (Å²) in [5, 5.41) is 10.8. The van der Waals surface area contributed by atoms with Crippen LogP contribution in [0.2, 0.25) is 0 Å². The van der Waals surface area contributed by atoms with E-state index in [9.17, 15) is 5.11 Å². The van der Waals surface area contributed by atoms with Crippen LogP contribution in [-0.4, -0.2) is 5.11 Å². The predicted octanol–water partition coefficient (Wildman–Crippen LogP) is 5.98. The van der Waals surface area contributed by atoms with E-state index in [0.717, 1.165) is 19.3 Å². The summed E-state index contributed by atoms with van der Waals surface area (Å²) < 4.78 is 1.37. The Morgan fingerprint density at radius 1 is 0.680 bits per heavy atom. The minimum atomic E-state index is 0.328. The van der Waals surface area contributed by atoms with Crippen molar-refractivity contribution < 1.29 is 5.11 Å². The molecule has 0 radical (unpaired) electrons. The van der Waals surface area contributed by atoms with Crippen molar-refractivity contribution in [3.63, 3.8) is 0 Å². The molecule has 2 heteroatoms. The quantitative estimate of drug-likeness (QED) is 0.472. The number of rotatable bonds is 5. The molecule has 0 fully saturated rings. The summed E-state index contributed by atoms with van der Waals surface area (Å²) in [6.45, 7) is 0. The van der Waals surface area contributed by atoms with Crippen molar-refractivity contribution in [3.8, 4) is 5.75 Å². The molecule has 0 aliphatic carbocycles. The van der Waals surface area contributed by atoms with E-state index in [-0.39, 0.29) is 0 Å². The zero-order valence-electron chi connectivity index (χ0n) is 14.0. The lowest BCUT2D eigenvalue weighted by Gasteiger charge is -2.06. The number of thiophene rings is 1. The van der Waals surface area contributed by atoms with Crippen LogP contribution < -0.4 is 0 Å². The van der Waals surface area contributed by atoms with Crippen LogP contribution in [0.25, 0.3) is 10.1 Å². The number of phenolic OH excluding ortho intramolecular Hbond substituents is 1. The third-order valence-electron chi connectivity index (χ3n) is 4.59. The molecule has 0 saturated carbocycles. The molecule has 4 rings (SSSR count). The normalized spacial score (nSPS) is 11.0. The second kappa shape index (κ2) is 7.12. The van der Waals surface area contributed by atoms with Gasteiger partial charge in [-0.05, 0) is 53.1 Å². The van der Waals surface area contributed by atoms with Crippen LogP contribution in [-0.2, 0) is 19.3 Å². The van der Waals surface area contributed by atoms with E-state index in [1.54, 1.807) is 12.1 Å². The molecule has 0 saturated heterocycles. The zero-order chi connectivity index (χ0) is 17.1. The maximum absolute atomic E-state index is 9.46. The molecule has 4 aromatic rings. The van der Waals surface area contributed by atoms with E-state index in [1.807, 2.05) is 23.5 Å². The number of aryl methyl sites for hydroxylation is 2. The fraction of sp³-hybridized carbons (Fsp3) is 0.130. The first-order valence-corrected chi connectivity index (χ1v) is 9.42. The summed E-state index contributed by atoms with van der Waals surface area (Å²) in [7, 11) is 0. The maximum Gasteiger partial charge on any atom is 0.115 e. The average Bonchev–Trinajstić information content (AvgIpc) is 2.99. The van der Waals surface area contributed by atoms with Crippen molar-refractivity contribution in [1.29, 1.82) is 0 Å². The zero-order valence-corrected chi connectivity index (χ0v) is 14.8. The monoisotopic (exact) mass is 344 g/mol. The fourth-order valence-corrected chi connectivity index (χ4v) is 4.57. The van der Waals surface area contributed by atoms with Crippen LogP contribution in [0.4, 0.5) is 0 Å². The van der Waals surface area contributed by atoms with Crippen molar-refractivity contribution in [2.24, 2.45) is 0 Å². The van der Waals surface area contributed by atoms with E-state index in [4.69, 9.17) is 0 Å². The van der Waals surface area contributed by atoms with Crippen molar-refractivity contribution >= 4 is 21.4 Å². The molecular formula is C23H20OS. The first-order valence-electron chi connectivity index (χ1n) is 8.61. The van der Waals surface area contributed by atoms with Crippen LogP contribution in [0.1, 0.15) is 21.6 Å². The molecule has 0 aliphatic rings. The minimum Gasteiger partial charge on any atom is -0.508 e. The van der Waals surface area contributed by atoms with Gasteiger partial charge in [-0.2, -0.15) is 0 Å². The summed E-state index contributed by atoms with van der Waals surface area (Å²) >= 11 is 1.92. The molecule has 0 aliphatic heterocycles. The van der Waals surface area contributed by atoms with E-state index in [2.05, 4.69) is 54.6 Å². The Kier molecular flexibility index (Phi) is 4.53. The maximum atomic E-state index is 9.46. The number of aromatic hydroxyl groups is 1. The van der Waals surface area contributed by atoms with Crippen LogP contribution >= 0.6 is 11.3 Å². The van der Waals surface area contributed by atoms with Crippen molar-refractivity contribution in [2.45, 2.75) is 19.3 Å². The highest BCUT2D eigenvalue weighted by atomic mass is 32.1. The Labute approximate surface area is 152 Å². The van der Waals surface area contributed by atoms with Gasteiger partial charge in [0.15, 0.2) is 0 Å². The molecule has 0 atom stereocenters. The highest BCUT2D eigenvalue weighted by Gasteiger charge is 2.12. The highest BCUT2D eigenvalue weighted by Crippen LogP contribution is 2.34. The molecule has 0 bridgehead atoms. The van der Waals surface area contributed by atoms with Gasteiger partial charge in [0.2, 0.25) is 0 Å². The second-order valence-corrected chi connectivity index (χ2v) is 7.47. The van der Waals surface area contributed by atoms with E-state index in [0.29, 0.717) is 5.75 Å². The van der Waals surface area contributed by atoms with Gasteiger partial charge in [0.05, 0.1) is 0 Å². The molecule has 1 N–H and O–H groups in total. The van der Waals surface area contributed by atoms with Gasteiger partial charge in [0.1, 0.15) is 5.75 Å². The van der Waals surface area contributed by atoms with Gasteiger partial charge >= 0.3 is 0 Å². The van der Waals surface area contributed by atoms with Gasteiger partial charge in [0.25, 0.3) is 0 Å². The Balaban J connectivity index is 1.65. The summed E-state index contributed by atoms with van der Waals surface area (Å²) in [6.07, 6.45) is 3.00. The summed E-state index contributed by atoms with van der Waals surface area (Å²) in [5.41, 5.74) is 4.09. The largest absolute Gasteiger partial charge is 0.508 e. The fourth-order valence-electron chi connectivity index (χ4n) is 3.28. The summed E-state index contributed by atoms with van der Waals surface area (Å²) in [5.74, 6) is 0.328. The molecule has 1 heterocycles. The van der Waals surface area contributed by atoms with Crippen LogP contribution in [0.15, 0.2) is 78.9 Å². The molecule has 25 heavy (non-hydrogen) atoms. The Morgan fingerprint density at radius 3 is 2.20 bits per heavy atom. The molecule has 0 amide bonds. The Hall–Kier alpha value is -2.58. The predicted molar refractivity (Wildman–Crippen MR) is 107 cm³/mol. The lowest BCUT2D eigenvalue weighted by atomic mass is 9.99. The Bertz CT molecular complexity index is 968. The number of hydrogen-bond acceptors (Lipinski definition) is 2. The minimum absolute atomic E-state index is 0.328. The highest BCUT2D eigenvalue weighted by molar-refractivity contribution is 7.19. The summed E-state index contributed by atoms with van der Waals surface area (Å²) in [4.78, 5) is 1.46. The Morgan fingerprint density at radius 2 is 1.40 bits per heavy atom. The van der Waals surface area contributed by atoms with E-state index in [1.165, 1.54) is 31.7 Å². The van der Waals surface area contributed by atoms with E-state index < -0.39 is 0 Å². The van der Waals surface area contributed by atoms with Crippen molar-refractivity contribution in [3.05, 3.63) is 100 Å². The number of benzene rings is 3. The topological polar surface area (TPSA) is 20.2 Å². The number of fused-ring (bicyclic) bond motifs is 1. The standard InChI is InChI=1S/C23H20OS/c24-19-13-10-17(11-14-19)12-15-21-20-8-4-5-9-22(20)25-23(21)16-18-6-2-1-3-7-18/h1-11,13-14,24H,12,15-16H2. The molecule has 3 aromatic carbocycles. The van der Waals surface area contributed by atoms with Gasteiger partial charge in [-0.25, -0.2) is 0 Å². The van der Waals surface area contributed by atoms with E-state index >= 15 is 0 Å². The first kappa shape index (κ1) is 15.9. The number of hydrogen-bond donors (Lipinski definition) is 1. The lowest BCUT2D eigenvalue weighted by molar-refractivity contribution is 0.475. The van der Waals surface area contributed by atoms with Crippen molar-refractivity contribution in [2.75, 3.05) is 0 Å². The molecule has 0 spiro atoms. The summed E-state index contributed by atoms with van der Waals surface area (Å²) in [6, 6.07) is 27.0. The lowest BCUT2D eigenvalue weighted by Crippen LogP contribution is -1.95. The van der Waals surface area contributed by atoms with Crippen LogP contribution in [0.5, 0.6) is 5.75 Å². The third-order valence-corrected chi connectivity index (χ3v) is 5.80. The van der Waals surface area contributed by atoms with Crippen LogP contribution in [0.3, 0.4) is 0 Å². The van der Waals surface area contributed by atoms with Crippen LogP contribution in [0, 0.1) is 0 Å². The third kappa shape index (κ3) is 3.59. The first-order chi connectivity index (χ1) is 12.3. The molecule has 1 aromatic heterocycles. The van der Waals surface area contributed by atoms with Gasteiger partial charge in [-0.1, -0.05) is 60.7 Å². The van der Waals surface area contributed by atoms with Gasteiger partial charge < -0.3 is 5.11 Å². The molecule has 0 unspecified atom stereocenters. The molecule has 124 valence electrons. The van der Waals surface area contributed by atoms with Gasteiger partial charge in [-0.15, -0.1) is 11.3 Å². The van der Waals surface area contributed by atoms with Gasteiger partial charge in [-0.3, -0.25) is 0 Å². The van der Waals surface area contributed by atoms with Crippen molar-refractivity contribution in [1.82, 2.24) is 0 Å². The number of phenols is 1. The second-order valence-electron chi connectivity index (χ2n) is 6.33. The molecular weight excluding hydrogens is 324 g/mol. The average molecular weight is 344 g/mol. The smallest absolute Gasteiger partial charge is 0.115 e. The SMILES string of the molecule is Oc1ccc(CCc2c(Cc3ccccc3)sc3ccccc23)cc1. The molecule has 1 nitrogen and oxygen atoms in total. The van der Waals surface area contributed by atoms with Gasteiger partial charge in [0, 0.05) is 16.0 Å².